The van der Waals surface area contributed by atoms with Gasteiger partial charge in [0.25, 0.3) is 5.91 Å². The average Bonchev–Trinajstić information content (AvgIpc) is 2.59. The highest BCUT2D eigenvalue weighted by molar-refractivity contribution is 5.94. The van der Waals surface area contributed by atoms with E-state index < -0.39 is 5.41 Å². The molecule has 1 aliphatic rings. The minimum Gasteiger partial charge on any atom is -0.352 e. The Morgan fingerprint density at radius 2 is 1.80 bits per heavy atom. The Labute approximate surface area is 152 Å². The van der Waals surface area contributed by atoms with Crippen LogP contribution in [-0.2, 0) is 11.3 Å². The summed E-state index contributed by atoms with van der Waals surface area (Å²) in [6.07, 6.45) is 3.43. The second kappa shape index (κ2) is 8.03. The van der Waals surface area contributed by atoms with E-state index in [0.29, 0.717) is 18.5 Å². The summed E-state index contributed by atoms with van der Waals surface area (Å²) < 4.78 is 0. The standard InChI is InChI=1S/C21H32N2O2/c1-6-16-8-7-15(2)23(14-16)19(24)18-11-9-17(10-12-18)13-22-20(25)21(3,4)5/h9-12,15-16H,6-8,13-14H2,1-5H3,(H,22,25)/t15-,16+/m1/s1. The fourth-order valence-corrected chi connectivity index (χ4v) is 3.18. The molecule has 1 aromatic rings. The van der Waals surface area contributed by atoms with Crippen molar-refractivity contribution in [2.24, 2.45) is 11.3 Å². The summed E-state index contributed by atoms with van der Waals surface area (Å²) in [6.45, 7) is 11.4. The number of nitrogens with zero attached hydrogens (tertiary/aromatic N) is 1. The molecule has 1 heterocycles. The molecule has 0 saturated carbocycles. The van der Waals surface area contributed by atoms with Crippen LogP contribution < -0.4 is 5.32 Å². The molecular weight excluding hydrogens is 312 g/mol. The van der Waals surface area contributed by atoms with Crippen LogP contribution in [0.3, 0.4) is 0 Å². The van der Waals surface area contributed by atoms with Gasteiger partial charge in [0.15, 0.2) is 0 Å². The Morgan fingerprint density at radius 1 is 1.16 bits per heavy atom. The first-order valence-corrected chi connectivity index (χ1v) is 9.40. The average molecular weight is 344 g/mol. The number of nitrogens with one attached hydrogen (secondary N) is 1. The molecule has 1 saturated heterocycles. The van der Waals surface area contributed by atoms with Gasteiger partial charge in [-0.3, -0.25) is 9.59 Å². The number of carbonyl (C=O) groups excluding carboxylic acids is 2. The Hall–Kier alpha value is -1.84. The lowest BCUT2D eigenvalue weighted by atomic mass is 9.91. The first-order chi connectivity index (χ1) is 11.7. The number of amides is 2. The molecule has 4 heteroatoms. The van der Waals surface area contributed by atoms with E-state index in [4.69, 9.17) is 0 Å². The Bertz CT molecular complexity index is 601. The van der Waals surface area contributed by atoms with Crippen LogP contribution >= 0.6 is 0 Å². The van der Waals surface area contributed by atoms with Gasteiger partial charge < -0.3 is 10.2 Å². The third-order valence-electron chi connectivity index (χ3n) is 5.15. The Kier molecular flexibility index (Phi) is 6.26. The molecule has 2 rings (SSSR count). The molecule has 1 fully saturated rings. The van der Waals surface area contributed by atoms with Crippen LogP contribution in [0.15, 0.2) is 24.3 Å². The fraction of sp³-hybridized carbons (Fsp3) is 0.619. The monoisotopic (exact) mass is 344 g/mol. The van der Waals surface area contributed by atoms with Crippen LogP contribution in [0.25, 0.3) is 0 Å². The van der Waals surface area contributed by atoms with Crippen molar-refractivity contribution in [2.75, 3.05) is 6.54 Å². The molecule has 2 amide bonds. The summed E-state index contributed by atoms with van der Waals surface area (Å²) in [5.74, 6) is 0.767. The highest BCUT2D eigenvalue weighted by atomic mass is 16.2. The first kappa shape index (κ1) is 19.5. The van der Waals surface area contributed by atoms with Gasteiger partial charge in [-0.1, -0.05) is 46.2 Å². The summed E-state index contributed by atoms with van der Waals surface area (Å²) in [5, 5.41) is 2.94. The highest BCUT2D eigenvalue weighted by Gasteiger charge is 2.28. The second-order valence-corrected chi connectivity index (χ2v) is 8.29. The van der Waals surface area contributed by atoms with Gasteiger partial charge >= 0.3 is 0 Å². The number of piperidine rings is 1. The number of benzene rings is 1. The number of carbonyl (C=O) groups is 2. The van der Waals surface area contributed by atoms with Crippen molar-refractivity contribution in [1.82, 2.24) is 10.2 Å². The minimum atomic E-state index is -0.393. The number of rotatable bonds is 4. The molecule has 138 valence electrons. The van der Waals surface area contributed by atoms with Crippen molar-refractivity contribution in [3.8, 4) is 0 Å². The van der Waals surface area contributed by atoms with Crippen LogP contribution in [0.1, 0.15) is 69.8 Å². The lowest BCUT2D eigenvalue weighted by Crippen LogP contribution is -2.45. The van der Waals surface area contributed by atoms with Crippen LogP contribution in [-0.4, -0.2) is 29.3 Å². The predicted molar refractivity (Wildman–Crippen MR) is 101 cm³/mol. The smallest absolute Gasteiger partial charge is 0.254 e. The van der Waals surface area contributed by atoms with E-state index in [1.54, 1.807) is 0 Å². The largest absolute Gasteiger partial charge is 0.352 e. The summed E-state index contributed by atoms with van der Waals surface area (Å²) in [4.78, 5) is 26.8. The van der Waals surface area contributed by atoms with E-state index in [0.717, 1.165) is 30.5 Å². The van der Waals surface area contributed by atoms with Crippen LogP contribution in [0.4, 0.5) is 0 Å². The molecule has 0 spiro atoms. The van der Waals surface area contributed by atoms with Crippen LogP contribution in [0.2, 0.25) is 0 Å². The van der Waals surface area contributed by atoms with Crippen molar-refractivity contribution in [3.63, 3.8) is 0 Å². The van der Waals surface area contributed by atoms with Crippen LogP contribution in [0, 0.1) is 11.3 Å². The molecule has 1 N–H and O–H groups in total. The van der Waals surface area contributed by atoms with E-state index in [9.17, 15) is 9.59 Å². The zero-order valence-electron chi connectivity index (χ0n) is 16.3. The third kappa shape index (κ3) is 5.07. The zero-order chi connectivity index (χ0) is 18.6. The van der Waals surface area contributed by atoms with E-state index in [1.807, 2.05) is 49.9 Å². The molecular formula is C21H32N2O2. The number of likely N-dealkylation sites (tertiary alicyclic amines) is 1. The zero-order valence-corrected chi connectivity index (χ0v) is 16.3. The SMILES string of the molecule is CC[C@H]1CC[C@@H](C)N(C(=O)c2ccc(CNC(=O)C(C)(C)C)cc2)C1. The maximum absolute atomic E-state index is 12.8. The van der Waals surface area contributed by atoms with Gasteiger partial charge in [-0.25, -0.2) is 0 Å². The van der Waals surface area contributed by atoms with E-state index >= 15 is 0 Å². The summed E-state index contributed by atoms with van der Waals surface area (Å²) in [6, 6.07) is 7.93. The quantitative estimate of drug-likeness (QED) is 0.897. The maximum atomic E-state index is 12.8. The van der Waals surface area contributed by atoms with E-state index in [2.05, 4.69) is 19.2 Å². The maximum Gasteiger partial charge on any atom is 0.254 e. The van der Waals surface area contributed by atoms with Gasteiger partial charge in [-0.05, 0) is 43.4 Å². The number of hydrogen-bond acceptors (Lipinski definition) is 2. The fourth-order valence-electron chi connectivity index (χ4n) is 3.18. The molecule has 4 nitrogen and oxygen atoms in total. The first-order valence-electron chi connectivity index (χ1n) is 9.40. The Balaban J connectivity index is 1.99. The Morgan fingerprint density at radius 3 is 2.36 bits per heavy atom. The summed E-state index contributed by atoms with van der Waals surface area (Å²) >= 11 is 0. The van der Waals surface area contributed by atoms with Crippen LogP contribution in [0.5, 0.6) is 0 Å². The van der Waals surface area contributed by atoms with E-state index in [-0.39, 0.29) is 11.8 Å². The van der Waals surface area contributed by atoms with Crippen molar-refractivity contribution in [3.05, 3.63) is 35.4 Å². The van der Waals surface area contributed by atoms with Gasteiger partial charge in [0.1, 0.15) is 0 Å². The topological polar surface area (TPSA) is 49.4 Å². The van der Waals surface area contributed by atoms with Gasteiger partial charge in [0.2, 0.25) is 5.91 Å². The molecule has 0 aromatic heterocycles. The minimum absolute atomic E-state index is 0.0281. The molecule has 2 atom stereocenters. The molecule has 0 unspecified atom stereocenters. The third-order valence-corrected chi connectivity index (χ3v) is 5.15. The summed E-state index contributed by atoms with van der Waals surface area (Å²) in [7, 11) is 0. The van der Waals surface area contributed by atoms with E-state index in [1.165, 1.54) is 6.42 Å². The lowest BCUT2D eigenvalue weighted by molar-refractivity contribution is -0.128. The molecule has 0 bridgehead atoms. The highest BCUT2D eigenvalue weighted by Crippen LogP contribution is 2.25. The molecule has 0 aliphatic carbocycles. The lowest BCUT2D eigenvalue weighted by Gasteiger charge is -2.38. The molecule has 1 aliphatic heterocycles. The molecule has 25 heavy (non-hydrogen) atoms. The normalized spacial score (nSPS) is 21.1. The molecule has 1 aromatic carbocycles. The van der Waals surface area contributed by atoms with Crippen molar-refractivity contribution in [1.29, 1.82) is 0 Å². The predicted octanol–water partition coefficient (Wildman–Crippen LogP) is 4.00. The van der Waals surface area contributed by atoms with Crippen molar-refractivity contribution < 1.29 is 9.59 Å². The van der Waals surface area contributed by atoms with Gasteiger partial charge in [-0.2, -0.15) is 0 Å². The number of hydrogen-bond donors (Lipinski definition) is 1. The van der Waals surface area contributed by atoms with Crippen molar-refractivity contribution >= 4 is 11.8 Å². The van der Waals surface area contributed by atoms with Gasteiger partial charge in [-0.15, -0.1) is 0 Å². The second-order valence-electron chi connectivity index (χ2n) is 8.29. The summed E-state index contributed by atoms with van der Waals surface area (Å²) in [5.41, 5.74) is 1.35. The molecule has 0 radical (unpaired) electrons. The van der Waals surface area contributed by atoms with Crippen molar-refractivity contribution in [2.45, 2.75) is 66.5 Å². The van der Waals surface area contributed by atoms with Gasteiger partial charge in [0, 0.05) is 30.1 Å². The van der Waals surface area contributed by atoms with Gasteiger partial charge in [0.05, 0.1) is 0 Å².